The van der Waals surface area contributed by atoms with Crippen LogP contribution in [0.4, 0.5) is 9.18 Å². The number of benzene rings is 3. The topological polar surface area (TPSA) is 86.5 Å². The number of fused-ring (bicyclic) bond motifs is 1. The summed E-state index contributed by atoms with van der Waals surface area (Å²) < 4.78 is 30.1. The maximum Gasteiger partial charge on any atom is 0.416 e. The zero-order chi connectivity index (χ0) is 33.4. The van der Waals surface area contributed by atoms with Crippen LogP contribution in [-0.2, 0) is 33.5 Å². The van der Waals surface area contributed by atoms with Gasteiger partial charge >= 0.3 is 6.09 Å². The summed E-state index contributed by atoms with van der Waals surface area (Å²) in [4.78, 5) is 28.6. The van der Waals surface area contributed by atoms with Crippen LogP contribution in [0.2, 0.25) is 18.1 Å². The van der Waals surface area contributed by atoms with Crippen LogP contribution in [0.1, 0.15) is 68.4 Å². The molecule has 1 aromatic heterocycles. The monoisotopic (exact) mass is 644 g/mol. The Hall–Kier alpha value is -3.89. The lowest BCUT2D eigenvalue weighted by Gasteiger charge is -2.36. The lowest BCUT2D eigenvalue weighted by Crippen LogP contribution is -2.44. The van der Waals surface area contributed by atoms with Crippen molar-refractivity contribution >= 4 is 31.4 Å². The molecular formula is C36H45FN4O4Si. The van der Waals surface area contributed by atoms with Crippen molar-refractivity contribution in [3.05, 3.63) is 94.3 Å². The standard InChI is InChI=1S/C36H45FN4O4Si/c1-9-40-30-18-17-29(32(37)33(30)38-39-40)31(26-16-15-23(2)27(20-26)21-45-46(7,8)36(4,5)6)24(3)34(42)41-28(22-44-35(41)43)19-25-13-11-10-12-14-25/h10-18,20,24,28,31H,9,19,21-22H2,1-8H3/t24-,28?,31+/m1/s1. The first kappa shape index (κ1) is 33.5. The Labute approximate surface area is 272 Å². The Morgan fingerprint density at radius 1 is 1.13 bits per heavy atom. The third kappa shape index (κ3) is 6.50. The van der Waals surface area contributed by atoms with Gasteiger partial charge in [0.2, 0.25) is 5.91 Å². The van der Waals surface area contributed by atoms with E-state index in [-0.39, 0.29) is 17.2 Å². The van der Waals surface area contributed by atoms with Gasteiger partial charge in [0.25, 0.3) is 0 Å². The van der Waals surface area contributed by atoms with Gasteiger partial charge in [-0.1, -0.05) is 87.5 Å². The summed E-state index contributed by atoms with van der Waals surface area (Å²) >= 11 is 0. The molecule has 46 heavy (non-hydrogen) atoms. The molecule has 1 unspecified atom stereocenters. The van der Waals surface area contributed by atoms with Gasteiger partial charge in [-0.3, -0.25) is 4.79 Å². The summed E-state index contributed by atoms with van der Waals surface area (Å²) in [7, 11) is -2.05. The molecule has 0 saturated carbocycles. The fourth-order valence-electron chi connectivity index (χ4n) is 5.88. The van der Waals surface area contributed by atoms with E-state index in [1.54, 1.807) is 23.7 Å². The summed E-state index contributed by atoms with van der Waals surface area (Å²) in [5, 5.41) is 8.30. The van der Waals surface area contributed by atoms with Gasteiger partial charge in [0.05, 0.1) is 18.2 Å². The summed E-state index contributed by atoms with van der Waals surface area (Å²) in [5.41, 5.74) is 4.84. The highest BCUT2D eigenvalue weighted by atomic mass is 28.4. The third-order valence-electron chi connectivity index (χ3n) is 9.82. The average Bonchev–Trinajstić information content (AvgIpc) is 3.61. The second-order valence-electron chi connectivity index (χ2n) is 13.9. The molecule has 2 heterocycles. The number of amides is 2. The number of rotatable bonds is 10. The second kappa shape index (κ2) is 13.1. The molecule has 0 radical (unpaired) electrons. The maximum absolute atomic E-state index is 16.5. The fraction of sp³-hybridized carbons (Fsp3) is 0.444. The van der Waals surface area contributed by atoms with Gasteiger partial charge in [-0.05, 0) is 72.3 Å². The summed E-state index contributed by atoms with van der Waals surface area (Å²) in [5.74, 6) is -2.47. The molecule has 0 spiro atoms. The highest BCUT2D eigenvalue weighted by Crippen LogP contribution is 2.40. The second-order valence-corrected chi connectivity index (χ2v) is 18.7. The number of imide groups is 1. The number of cyclic esters (lactones) is 1. The van der Waals surface area contributed by atoms with E-state index in [1.165, 1.54) is 4.90 Å². The van der Waals surface area contributed by atoms with Crippen LogP contribution in [0.25, 0.3) is 11.0 Å². The quantitative estimate of drug-likeness (QED) is 0.164. The van der Waals surface area contributed by atoms with E-state index in [0.29, 0.717) is 30.7 Å². The number of ether oxygens (including phenoxy) is 1. The van der Waals surface area contributed by atoms with Crippen molar-refractivity contribution in [3.8, 4) is 0 Å². The smallest absolute Gasteiger partial charge is 0.416 e. The van der Waals surface area contributed by atoms with Crippen molar-refractivity contribution < 1.29 is 23.1 Å². The predicted octanol–water partition coefficient (Wildman–Crippen LogP) is 7.78. The molecule has 4 aromatic rings. The van der Waals surface area contributed by atoms with Crippen LogP contribution in [0, 0.1) is 18.7 Å². The van der Waals surface area contributed by atoms with Gasteiger partial charge in [0.15, 0.2) is 14.1 Å². The molecule has 244 valence electrons. The van der Waals surface area contributed by atoms with Crippen LogP contribution in [-0.4, -0.2) is 52.9 Å². The van der Waals surface area contributed by atoms with E-state index < -0.39 is 44.0 Å². The molecule has 10 heteroatoms. The molecule has 1 saturated heterocycles. The van der Waals surface area contributed by atoms with Crippen molar-refractivity contribution in [1.82, 2.24) is 19.9 Å². The number of nitrogens with zero attached hydrogens (tertiary/aromatic N) is 4. The van der Waals surface area contributed by atoms with E-state index >= 15 is 4.39 Å². The summed E-state index contributed by atoms with van der Waals surface area (Å²) in [6.07, 6.45) is -0.207. The first-order valence-corrected chi connectivity index (χ1v) is 18.9. The molecule has 5 rings (SSSR count). The Balaban J connectivity index is 1.56. The lowest BCUT2D eigenvalue weighted by molar-refractivity contribution is -0.133. The first-order valence-electron chi connectivity index (χ1n) is 16.0. The molecule has 1 aliphatic rings. The van der Waals surface area contributed by atoms with E-state index in [0.717, 1.165) is 22.3 Å². The Kier molecular flexibility index (Phi) is 9.52. The number of aromatic nitrogens is 3. The zero-order valence-electron chi connectivity index (χ0n) is 28.1. The van der Waals surface area contributed by atoms with Crippen LogP contribution < -0.4 is 0 Å². The molecular weight excluding hydrogens is 600 g/mol. The Bertz CT molecular complexity index is 1730. The van der Waals surface area contributed by atoms with Crippen LogP contribution in [0.5, 0.6) is 0 Å². The van der Waals surface area contributed by atoms with Gasteiger partial charge < -0.3 is 9.16 Å². The van der Waals surface area contributed by atoms with Crippen molar-refractivity contribution in [2.24, 2.45) is 5.92 Å². The SMILES string of the molecule is CCn1nnc2c(F)c([C@H](c3ccc(C)c(CO[Si](C)(C)C(C)(C)C)c3)[C@@H](C)C(=O)N3C(=O)OCC3Cc3ccccc3)ccc21. The zero-order valence-corrected chi connectivity index (χ0v) is 29.1. The van der Waals surface area contributed by atoms with E-state index in [9.17, 15) is 9.59 Å². The number of hydrogen-bond acceptors (Lipinski definition) is 6. The van der Waals surface area contributed by atoms with Crippen molar-refractivity contribution in [2.75, 3.05) is 6.61 Å². The van der Waals surface area contributed by atoms with E-state index in [4.69, 9.17) is 9.16 Å². The molecule has 0 bridgehead atoms. The van der Waals surface area contributed by atoms with Crippen LogP contribution in [0.3, 0.4) is 0 Å². The van der Waals surface area contributed by atoms with Gasteiger partial charge in [0.1, 0.15) is 12.1 Å². The van der Waals surface area contributed by atoms with Crippen LogP contribution >= 0.6 is 0 Å². The minimum atomic E-state index is -2.05. The summed E-state index contributed by atoms with van der Waals surface area (Å²) in [6, 6.07) is 18.7. The first-order chi connectivity index (χ1) is 21.7. The van der Waals surface area contributed by atoms with E-state index in [1.807, 2.05) is 62.4 Å². The average molecular weight is 645 g/mol. The summed E-state index contributed by atoms with van der Waals surface area (Å²) in [6.45, 7) is 17.8. The number of carbonyl (C=O) groups is 2. The van der Waals surface area contributed by atoms with Crippen molar-refractivity contribution in [2.45, 2.75) is 91.2 Å². The largest absolute Gasteiger partial charge is 0.447 e. The minimum Gasteiger partial charge on any atom is -0.447 e. The van der Waals surface area contributed by atoms with Crippen molar-refractivity contribution in [1.29, 1.82) is 0 Å². The van der Waals surface area contributed by atoms with Gasteiger partial charge in [-0.25, -0.2) is 18.8 Å². The Morgan fingerprint density at radius 3 is 2.52 bits per heavy atom. The molecule has 8 nitrogen and oxygen atoms in total. The highest BCUT2D eigenvalue weighted by molar-refractivity contribution is 6.74. The number of aryl methyl sites for hydroxylation is 2. The molecule has 2 amide bonds. The normalized spacial score (nSPS) is 16.9. The Morgan fingerprint density at radius 2 is 1.85 bits per heavy atom. The van der Waals surface area contributed by atoms with Crippen LogP contribution in [0.15, 0.2) is 60.7 Å². The van der Waals surface area contributed by atoms with Gasteiger partial charge in [-0.2, -0.15) is 0 Å². The molecule has 3 atom stereocenters. The number of hydrogen-bond donors (Lipinski definition) is 0. The maximum atomic E-state index is 16.5. The number of halogens is 1. The minimum absolute atomic E-state index is 0.0388. The molecule has 0 N–H and O–H groups in total. The van der Waals surface area contributed by atoms with Gasteiger partial charge in [0, 0.05) is 18.4 Å². The van der Waals surface area contributed by atoms with Gasteiger partial charge in [-0.15, -0.1) is 5.10 Å². The molecule has 1 aliphatic heterocycles. The van der Waals surface area contributed by atoms with Crippen molar-refractivity contribution in [3.63, 3.8) is 0 Å². The predicted molar refractivity (Wildman–Crippen MR) is 179 cm³/mol. The van der Waals surface area contributed by atoms with E-state index in [2.05, 4.69) is 44.2 Å². The lowest BCUT2D eigenvalue weighted by atomic mass is 9.79. The molecule has 3 aromatic carbocycles. The fourth-order valence-corrected chi connectivity index (χ4v) is 6.82. The molecule has 0 aliphatic carbocycles. The molecule has 1 fully saturated rings. The number of carbonyl (C=O) groups excluding carboxylic acids is 2. The third-order valence-corrected chi connectivity index (χ3v) is 14.3. The highest BCUT2D eigenvalue weighted by Gasteiger charge is 2.43.